The van der Waals surface area contributed by atoms with Crippen LogP contribution in [0.2, 0.25) is 0 Å². The number of aromatic nitrogens is 3. The molecular weight excluding hydrogens is 402 g/mol. The van der Waals surface area contributed by atoms with E-state index in [0.29, 0.717) is 27.5 Å². The van der Waals surface area contributed by atoms with Crippen LogP contribution in [0.25, 0.3) is 21.8 Å². The molecule has 4 heterocycles. The predicted octanol–water partition coefficient (Wildman–Crippen LogP) is 3.35. The van der Waals surface area contributed by atoms with E-state index in [0.717, 1.165) is 31.1 Å². The summed E-state index contributed by atoms with van der Waals surface area (Å²) in [7, 11) is 0. The number of thiazole rings is 1. The molecule has 4 aromatic rings. The van der Waals surface area contributed by atoms with Gasteiger partial charge in [0.2, 0.25) is 5.91 Å². The summed E-state index contributed by atoms with van der Waals surface area (Å²) in [6.45, 7) is 1.72. The number of hydrogen-bond donors (Lipinski definition) is 1. The number of rotatable bonds is 5. The summed E-state index contributed by atoms with van der Waals surface area (Å²) in [4.78, 5) is 37.3. The Morgan fingerprint density at radius 3 is 2.63 bits per heavy atom. The molecule has 0 atom stereocenters. The minimum atomic E-state index is -0.506. The van der Waals surface area contributed by atoms with Crippen molar-refractivity contribution >= 4 is 38.4 Å². The van der Waals surface area contributed by atoms with Crippen LogP contribution in [0.1, 0.15) is 12.8 Å². The van der Waals surface area contributed by atoms with Crippen molar-refractivity contribution in [3.63, 3.8) is 0 Å². The smallest absolute Gasteiger partial charge is 0.349 e. The van der Waals surface area contributed by atoms with Crippen LogP contribution in [0, 0.1) is 0 Å². The summed E-state index contributed by atoms with van der Waals surface area (Å²) in [5.41, 5.74) is 1.15. The summed E-state index contributed by atoms with van der Waals surface area (Å²) >= 11 is 1.41. The van der Waals surface area contributed by atoms with Gasteiger partial charge in [-0.25, -0.2) is 9.78 Å². The van der Waals surface area contributed by atoms with Crippen molar-refractivity contribution in [2.75, 3.05) is 23.3 Å². The van der Waals surface area contributed by atoms with Crippen LogP contribution in [0.3, 0.4) is 0 Å². The van der Waals surface area contributed by atoms with Crippen LogP contribution in [-0.4, -0.2) is 33.5 Å². The zero-order valence-electron chi connectivity index (χ0n) is 16.1. The molecule has 0 radical (unpaired) electrons. The average Bonchev–Trinajstić information content (AvgIpc) is 3.51. The third kappa shape index (κ3) is 3.48. The Kier molecular flexibility index (Phi) is 4.80. The molecule has 0 saturated carbocycles. The lowest BCUT2D eigenvalue weighted by molar-refractivity contribution is -0.116. The van der Waals surface area contributed by atoms with E-state index in [1.807, 2.05) is 18.2 Å². The van der Waals surface area contributed by atoms with Gasteiger partial charge in [0.05, 0.1) is 6.26 Å². The van der Waals surface area contributed by atoms with Crippen molar-refractivity contribution in [1.82, 2.24) is 14.5 Å². The second kappa shape index (κ2) is 7.75. The number of fused-ring (bicyclic) bond motifs is 1. The number of amides is 1. The maximum atomic E-state index is 12.9. The summed E-state index contributed by atoms with van der Waals surface area (Å²) in [6, 6.07) is 12.6. The highest BCUT2D eigenvalue weighted by molar-refractivity contribution is 7.22. The molecule has 5 rings (SSSR count). The van der Waals surface area contributed by atoms with Gasteiger partial charge in [0, 0.05) is 18.8 Å². The van der Waals surface area contributed by atoms with Gasteiger partial charge in [0.15, 0.2) is 10.9 Å². The molecule has 152 valence electrons. The van der Waals surface area contributed by atoms with E-state index in [9.17, 15) is 9.59 Å². The van der Waals surface area contributed by atoms with E-state index in [1.165, 1.54) is 22.2 Å². The molecule has 1 aliphatic heterocycles. The molecule has 1 fully saturated rings. The van der Waals surface area contributed by atoms with Crippen molar-refractivity contribution in [3.05, 3.63) is 59.2 Å². The van der Waals surface area contributed by atoms with E-state index in [4.69, 9.17) is 9.40 Å². The minimum Gasteiger partial charge on any atom is -0.463 e. The Hall–Kier alpha value is -3.46. The first-order chi connectivity index (χ1) is 14.7. The maximum Gasteiger partial charge on any atom is 0.349 e. The lowest BCUT2D eigenvalue weighted by Gasteiger charge is -2.11. The molecule has 0 bridgehead atoms. The van der Waals surface area contributed by atoms with Gasteiger partial charge in [-0.3, -0.25) is 9.36 Å². The first-order valence-electron chi connectivity index (χ1n) is 9.74. The molecular formula is C21H19N5O3S. The first kappa shape index (κ1) is 18.6. The number of benzene rings is 1. The summed E-state index contributed by atoms with van der Waals surface area (Å²) in [6.07, 6.45) is 3.77. The number of nitrogens with one attached hydrogen (secondary N) is 1. The molecule has 1 amide bonds. The molecule has 1 N–H and O–H groups in total. The van der Waals surface area contributed by atoms with Crippen molar-refractivity contribution < 1.29 is 9.21 Å². The zero-order chi connectivity index (χ0) is 20.5. The standard InChI is InChI=1S/C21H19N5O3S/c27-16(22-14-7-2-1-3-8-14)13-26-19-18(24-21(30-19)25-10-4-5-11-25)17(23-20(26)28)15-9-6-12-29-15/h1-3,6-9,12H,4-5,10-11,13H2,(H,22,27). The molecule has 9 heteroatoms. The predicted molar refractivity (Wildman–Crippen MR) is 116 cm³/mol. The number of nitrogens with zero attached hydrogens (tertiary/aromatic N) is 4. The summed E-state index contributed by atoms with van der Waals surface area (Å²) < 4.78 is 6.86. The van der Waals surface area contributed by atoms with Crippen molar-refractivity contribution in [1.29, 1.82) is 0 Å². The number of carbonyl (C=O) groups is 1. The fourth-order valence-corrected chi connectivity index (χ4v) is 4.68. The Morgan fingerprint density at radius 1 is 1.10 bits per heavy atom. The second-order valence-electron chi connectivity index (χ2n) is 7.06. The van der Waals surface area contributed by atoms with E-state index >= 15 is 0 Å². The topological polar surface area (TPSA) is 93.3 Å². The zero-order valence-corrected chi connectivity index (χ0v) is 16.9. The average molecular weight is 421 g/mol. The van der Waals surface area contributed by atoms with Gasteiger partial charge >= 0.3 is 5.69 Å². The third-order valence-electron chi connectivity index (χ3n) is 5.00. The highest BCUT2D eigenvalue weighted by Crippen LogP contribution is 2.34. The van der Waals surface area contributed by atoms with E-state index < -0.39 is 5.69 Å². The number of hydrogen-bond acceptors (Lipinski definition) is 7. The number of furan rings is 1. The lowest BCUT2D eigenvalue weighted by Crippen LogP contribution is -2.29. The van der Waals surface area contributed by atoms with Crippen LogP contribution in [0.5, 0.6) is 0 Å². The summed E-state index contributed by atoms with van der Waals surface area (Å²) in [5, 5.41) is 3.65. The molecule has 1 aromatic carbocycles. The number of anilines is 2. The monoisotopic (exact) mass is 421 g/mol. The molecule has 1 aliphatic rings. The minimum absolute atomic E-state index is 0.142. The first-order valence-corrected chi connectivity index (χ1v) is 10.6. The van der Waals surface area contributed by atoms with Crippen LogP contribution < -0.4 is 15.9 Å². The van der Waals surface area contributed by atoms with Gasteiger partial charge in [-0.15, -0.1) is 0 Å². The Morgan fingerprint density at radius 2 is 1.90 bits per heavy atom. The molecule has 1 saturated heterocycles. The van der Waals surface area contributed by atoms with Gasteiger partial charge < -0.3 is 14.6 Å². The SMILES string of the molecule is O=C(Cn1c(=O)nc(-c2ccco2)c2nc(N3CCCC3)sc21)Nc1ccccc1. The number of carbonyl (C=O) groups excluding carboxylic acids is 1. The van der Waals surface area contributed by atoms with Gasteiger partial charge in [-0.1, -0.05) is 29.5 Å². The van der Waals surface area contributed by atoms with Gasteiger partial charge in [-0.05, 0) is 37.1 Å². The molecule has 0 unspecified atom stereocenters. The number of para-hydroxylation sites is 1. The van der Waals surface area contributed by atoms with E-state index in [-0.39, 0.29) is 12.5 Å². The molecule has 3 aromatic heterocycles. The van der Waals surface area contributed by atoms with E-state index in [2.05, 4.69) is 15.2 Å². The largest absolute Gasteiger partial charge is 0.463 e. The van der Waals surface area contributed by atoms with Crippen LogP contribution >= 0.6 is 11.3 Å². The molecule has 0 spiro atoms. The Balaban J connectivity index is 1.57. The molecule has 0 aliphatic carbocycles. The lowest BCUT2D eigenvalue weighted by atomic mass is 10.3. The van der Waals surface area contributed by atoms with Crippen LogP contribution in [0.4, 0.5) is 10.8 Å². The van der Waals surface area contributed by atoms with Crippen LogP contribution in [0.15, 0.2) is 57.9 Å². The fourth-order valence-electron chi connectivity index (χ4n) is 3.57. The fraction of sp³-hybridized carbons (Fsp3) is 0.238. The van der Waals surface area contributed by atoms with Gasteiger partial charge in [-0.2, -0.15) is 4.98 Å². The van der Waals surface area contributed by atoms with Crippen molar-refractivity contribution in [3.8, 4) is 11.5 Å². The van der Waals surface area contributed by atoms with E-state index in [1.54, 1.807) is 24.3 Å². The Bertz CT molecular complexity index is 1240. The maximum absolute atomic E-state index is 12.9. The molecule has 8 nitrogen and oxygen atoms in total. The second-order valence-corrected chi connectivity index (χ2v) is 8.02. The quantitative estimate of drug-likeness (QED) is 0.531. The normalized spacial score (nSPS) is 13.8. The molecule has 30 heavy (non-hydrogen) atoms. The highest BCUT2D eigenvalue weighted by Gasteiger charge is 2.23. The Labute approximate surface area is 175 Å². The highest BCUT2D eigenvalue weighted by atomic mass is 32.1. The van der Waals surface area contributed by atoms with Crippen LogP contribution in [-0.2, 0) is 11.3 Å². The third-order valence-corrected chi connectivity index (χ3v) is 6.14. The summed E-state index contributed by atoms with van der Waals surface area (Å²) in [5.74, 6) is 0.185. The van der Waals surface area contributed by atoms with Gasteiger partial charge in [0.1, 0.15) is 22.6 Å². The van der Waals surface area contributed by atoms with Gasteiger partial charge in [0.25, 0.3) is 0 Å². The van der Waals surface area contributed by atoms with Crippen molar-refractivity contribution in [2.24, 2.45) is 0 Å². The van der Waals surface area contributed by atoms with Crippen molar-refractivity contribution in [2.45, 2.75) is 19.4 Å².